The molecule has 370 valence electrons. The summed E-state index contributed by atoms with van der Waals surface area (Å²) in [5.74, 6) is -1.14. The fourth-order valence-corrected chi connectivity index (χ4v) is 9.91. The van der Waals surface area contributed by atoms with E-state index in [-0.39, 0.29) is 41.6 Å². The maximum Gasteiger partial charge on any atom is 0.274 e. The molecule has 0 aliphatic carbocycles. The second-order valence-electron chi connectivity index (χ2n) is 15.8. The predicted molar refractivity (Wildman–Crippen MR) is 228 cm³/mol. The van der Waals surface area contributed by atoms with E-state index in [9.17, 15) is 57.9 Å². The number of hydrogen-bond donors (Lipinski definition) is 5. The number of anilines is 1. The number of fused-ring (bicyclic) bond motifs is 1. The Balaban J connectivity index is 1.33. The lowest BCUT2D eigenvalue weighted by molar-refractivity contribution is -0.347. The first-order valence-electron chi connectivity index (χ1n) is 21.1. The van der Waals surface area contributed by atoms with Crippen LogP contribution < -0.4 is 35.9 Å². The van der Waals surface area contributed by atoms with Crippen LogP contribution in [0.3, 0.4) is 0 Å². The second kappa shape index (κ2) is 27.3. The van der Waals surface area contributed by atoms with Crippen molar-refractivity contribution >= 4 is 69.1 Å². The number of ether oxygens (including phenoxy) is 1. The number of nitrogens with zero attached hydrogens (tertiary/aromatic N) is 4. The Bertz CT molecular complexity index is 2010. The predicted octanol–water partition coefficient (Wildman–Crippen LogP) is 1.39. The first-order chi connectivity index (χ1) is 30.6. The van der Waals surface area contributed by atoms with E-state index >= 15 is 0 Å². The van der Waals surface area contributed by atoms with Gasteiger partial charge in [-0.3, -0.25) is 28.1 Å². The maximum absolute atomic E-state index is 12.6. The van der Waals surface area contributed by atoms with E-state index in [1.54, 1.807) is 0 Å². The van der Waals surface area contributed by atoms with Crippen molar-refractivity contribution in [2.24, 2.45) is 5.41 Å². The Hall–Kier alpha value is -2.70. The van der Waals surface area contributed by atoms with E-state index < -0.39 is 84.6 Å². The van der Waals surface area contributed by atoms with Crippen LogP contribution in [0, 0.1) is 5.41 Å². The number of aromatic nitrogens is 4. The van der Waals surface area contributed by atoms with Crippen LogP contribution in [0.15, 0.2) is 24.8 Å². The summed E-state index contributed by atoms with van der Waals surface area (Å²) in [4.78, 5) is 96.7. The van der Waals surface area contributed by atoms with Gasteiger partial charge in [-0.1, -0.05) is 89.1 Å². The van der Waals surface area contributed by atoms with Crippen molar-refractivity contribution in [3.05, 3.63) is 24.8 Å². The smallest absolute Gasteiger partial charge is 0.274 e. The van der Waals surface area contributed by atoms with Gasteiger partial charge < -0.3 is 69.0 Å². The molecule has 0 spiro atoms. The lowest BCUT2D eigenvalue weighted by atomic mass is 9.87. The van der Waals surface area contributed by atoms with Crippen molar-refractivity contribution < 1.29 is 80.5 Å². The molecule has 7 atom stereocenters. The zero-order valence-corrected chi connectivity index (χ0v) is 40.1. The average molecular weight is 1000 g/mol. The number of carbonyl (C=O) groups is 3. The highest BCUT2D eigenvalue weighted by molar-refractivity contribution is 8.13. The molecular weight excluding hydrogens is 939 g/mol. The van der Waals surface area contributed by atoms with E-state index in [1.165, 1.54) is 58.8 Å². The van der Waals surface area contributed by atoms with Gasteiger partial charge in [0.25, 0.3) is 15.6 Å². The van der Waals surface area contributed by atoms with E-state index in [1.807, 2.05) is 6.92 Å². The molecule has 3 rings (SSSR count). The Kier molecular flexibility index (Phi) is 23.8. The molecule has 2 amide bonds. The Morgan fingerprint density at radius 1 is 0.938 bits per heavy atom. The van der Waals surface area contributed by atoms with Gasteiger partial charge in [0.2, 0.25) is 11.8 Å². The van der Waals surface area contributed by atoms with Gasteiger partial charge in [-0.25, -0.2) is 19.3 Å². The lowest BCUT2D eigenvalue weighted by Gasteiger charge is -2.36. The summed E-state index contributed by atoms with van der Waals surface area (Å²) in [6, 6.07) is 0. The largest absolute Gasteiger partial charge is 0.790 e. The molecule has 0 aromatic carbocycles. The second-order valence-corrected chi connectivity index (χ2v) is 21.1. The van der Waals surface area contributed by atoms with Gasteiger partial charge in [0, 0.05) is 37.1 Å². The number of thioether (sulfide) groups is 1. The SMILES string of the molecule is C/C=C/CCCCCCCCCCCCC(=O)SCCNC(=O)CCNC(=O)[C@H](O)C(C)(C)COP(=O)([O-])OP(=O)([O-])OC[C@H]1O[C@@H](n2cnc3c(N)ncnc32)[C@H](O)[C@@H]1OP(=O)([O-])[O-]. The van der Waals surface area contributed by atoms with Crippen molar-refractivity contribution in [2.45, 2.75) is 135 Å². The first kappa shape index (κ1) is 56.6. The number of nitrogen functional groups attached to an aromatic ring is 1. The molecule has 2 aromatic rings. The van der Waals surface area contributed by atoms with Crippen molar-refractivity contribution in [1.29, 1.82) is 0 Å². The maximum atomic E-state index is 12.6. The molecular formula is C37H60N7O17P3S-4. The number of aliphatic hydroxyl groups excluding tert-OH is 2. The molecule has 2 unspecified atom stereocenters. The number of carbonyl (C=O) groups excluding carboxylic acids is 3. The summed E-state index contributed by atoms with van der Waals surface area (Å²) in [5, 5.41) is 26.5. The minimum Gasteiger partial charge on any atom is -0.790 e. The fraction of sp³-hybridized carbons (Fsp3) is 0.730. The quantitative estimate of drug-likeness (QED) is 0.0393. The highest BCUT2D eigenvalue weighted by atomic mass is 32.2. The zero-order valence-electron chi connectivity index (χ0n) is 36.6. The minimum absolute atomic E-state index is 0.0188. The topological polar surface area (TPSA) is 375 Å². The summed E-state index contributed by atoms with van der Waals surface area (Å²) < 4.78 is 60.8. The third kappa shape index (κ3) is 20.6. The molecule has 1 aliphatic rings. The minimum atomic E-state index is -5.92. The Morgan fingerprint density at radius 2 is 1.57 bits per heavy atom. The van der Waals surface area contributed by atoms with Gasteiger partial charge in [0.15, 0.2) is 22.8 Å². The molecule has 3 heterocycles. The molecule has 0 radical (unpaired) electrons. The molecule has 0 saturated carbocycles. The lowest BCUT2D eigenvalue weighted by Crippen LogP contribution is -2.46. The van der Waals surface area contributed by atoms with E-state index in [0.717, 1.165) is 54.7 Å². The number of rotatable bonds is 32. The number of amides is 2. The molecule has 1 aliphatic heterocycles. The van der Waals surface area contributed by atoms with Crippen LogP contribution in [0.25, 0.3) is 11.2 Å². The fourth-order valence-electron chi connectivity index (χ4n) is 6.46. The van der Waals surface area contributed by atoms with Crippen LogP contribution >= 0.6 is 35.2 Å². The van der Waals surface area contributed by atoms with Gasteiger partial charge in [0.1, 0.15) is 36.3 Å². The molecule has 65 heavy (non-hydrogen) atoms. The number of phosphoric acid groups is 3. The average Bonchev–Trinajstić information content (AvgIpc) is 3.79. The zero-order chi connectivity index (χ0) is 48.3. The Morgan fingerprint density at radius 3 is 2.22 bits per heavy atom. The van der Waals surface area contributed by atoms with Crippen molar-refractivity contribution in [3.63, 3.8) is 0 Å². The number of allylic oxidation sites excluding steroid dienone is 2. The van der Waals surface area contributed by atoms with Gasteiger partial charge in [-0.2, -0.15) is 0 Å². The van der Waals surface area contributed by atoms with Crippen molar-refractivity contribution in [1.82, 2.24) is 30.2 Å². The monoisotopic (exact) mass is 999 g/mol. The molecule has 1 saturated heterocycles. The number of phosphoric ester groups is 3. The number of hydrogen-bond acceptors (Lipinski definition) is 22. The summed E-state index contributed by atoms with van der Waals surface area (Å²) in [5.41, 5.74) is 4.09. The molecule has 28 heteroatoms. The number of nitrogens with two attached hydrogens (primary N) is 1. The van der Waals surface area contributed by atoms with E-state index in [2.05, 4.69) is 55.6 Å². The third-order valence-electron chi connectivity index (χ3n) is 9.98. The third-order valence-corrected chi connectivity index (χ3v) is 13.9. The van der Waals surface area contributed by atoms with Crippen LogP contribution in [-0.2, 0) is 50.7 Å². The van der Waals surface area contributed by atoms with Gasteiger partial charge in [-0.05, 0) is 26.2 Å². The molecule has 0 bridgehead atoms. The molecule has 1 fully saturated rings. The highest BCUT2D eigenvalue weighted by Crippen LogP contribution is 2.56. The number of nitrogens with one attached hydrogen (secondary N) is 2. The molecule has 24 nitrogen and oxygen atoms in total. The number of aliphatic hydroxyl groups is 2. The molecule has 2 aromatic heterocycles. The van der Waals surface area contributed by atoms with Crippen LogP contribution in [-0.4, -0.2) is 103 Å². The molecule has 6 N–H and O–H groups in total. The Labute approximate surface area is 381 Å². The van der Waals surface area contributed by atoms with Crippen LogP contribution in [0.4, 0.5) is 5.82 Å². The normalized spacial score (nSPS) is 20.4. The van der Waals surface area contributed by atoms with Crippen LogP contribution in [0.2, 0.25) is 0 Å². The van der Waals surface area contributed by atoms with Crippen LogP contribution in [0.5, 0.6) is 0 Å². The van der Waals surface area contributed by atoms with Crippen molar-refractivity contribution in [3.8, 4) is 0 Å². The number of unbranched alkanes of at least 4 members (excludes halogenated alkanes) is 10. The number of imidazole rings is 1. The summed E-state index contributed by atoms with van der Waals surface area (Å²) in [6.07, 6.45) is 10.0. The van der Waals surface area contributed by atoms with E-state index in [4.69, 9.17) is 10.5 Å². The summed E-state index contributed by atoms with van der Waals surface area (Å²) in [7, 11) is -17.6. The standard InChI is InChI=1S/C37H64N7O17P3S/c1-4-5-6-7-8-9-10-11-12-13-14-15-16-17-28(46)65-21-20-39-27(45)18-19-40-35(49)32(48)37(2,3)23-58-64(55,56)61-63(53,54)57-22-26-31(60-62(50,51)52)30(47)36(59-26)44-25-43-29-33(38)41-24-42-34(29)44/h4-5,24-26,30-32,36,47-48H,6-23H2,1-3H3,(H,39,45)(H,40,49)(H,53,54)(H,55,56)(H2,38,41,42)(H2,50,51,52)/p-4/b5-4+/t26-,30-,31-,32+,36-/m1/s1. The van der Waals surface area contributed by atoms with E-state index in [0.29, 0.717) is 12.2 Å². The highest BCUT2D eigenvalue weighted by Gasteiger charge is 2.47. The van der Waals surface area contributed by atoms with Gasteiger partial charge in [-0.15, -0.1) is 0 Å². The summed E-state index contributed by atoms with van der Waals surface area (Å²) in [6.45, 7) is 2.21. The van der Waals surface area contributed by atoms with Crippen molar-refractivity contribution in [2.75, 3.05) is 37.8 Å². The van der Waals surface area contributed by atoms with Gasteiger partial charge >= 0.3 is 0 Å². The van der Waals surface area contributed by atoms with Crippen LogP contribution in [0.1, 0.15) is 110 Å². The summed E-state index contributed by atoms with van der Waals surface area (Å²) >= 11 is 1.14. The van der Waals surface area contributed by atoms with Gasteiger partial charge in [0.05, 0.1) is 27.4 Å². The first-order valence-corrected chi connectivity index (χ1v) is 26.5.